The molecule has 2 amide bonds. The van der Waals surface area contributed by atoms with E-state index in [-0.39, 0.29) is 22.6 Å². The van der Waals surface area contributed by atoms with E-state index in [4.69, 9.17) is 14.2 Å². The number of hydrogen-bond acceptors (Lipinski definition) is 10. The van der Waals surface area contributed by atoms with E-state index < -0.39 is 16.1 Å². The zero-order chi connectivity index (χ0) is 43.3. The predicted molar refractivity (Wildman–Crippen MR) is 241 cm³/mol. The molecule has 7 rings (SSSR count). The summed E-state index contributed by atoms with van der Waals surface area (Å²) in [4.78, 5) is 36.5. The molecule has 1 aliphatic carbocycles. The number of ether oxygens (including phenoxy) is 3. The van der Waals surface area contributed by atoms with Gasteiger partial charge in [0.15, 0.2) is 11.5 Å². The molecule has 1 aliphatic heterocycles. The van der Waals surface area contributed by atoms with Crippen molar-refractivity contribution >= 4 is 49.7 Å². The van der Waals surface area contributed by atoms with Crippen LogP contribution in [0.5, 0.6) is 23.0 Å². The molecule has 5 aromatic rings. The lowest BCUT2D eigenvalue weighted by molar-refractivity contribution is 0.0956. The first kappa shape index (κ1) is 43.4. The molecule has 1 saturated heterocycles. The Morgan fingerprint density at radius 2 is 1.54 bits per heavy atom. The summed E-state index contributed by atoms with van der Waals surface area (Å²) in [5, 5.41) is 7.32. The molecule has 1 aromatic heterocycles. The lowest BCUT2D eigenvalue weighted by Crippen LogP contribution is -2.47. The molecule has 2 aliphatic rings. The third-order valence-electron chi connectivity index (χ3n) is 11.2. The Hall–Kier alpha value is -5.70. The summed E-state index contributed by atoms with van der Waals surface area (Å²) in [5.41, 5.74) is 3.82. The second kappa shape index (κ2) is 18.5. The molecule has 2 heterocycles. The third-order valence-corrected chi connectivity index (χ3v) is 11.7. The van der Waals surface area contributed by atoms with Gasteiger partial charge in [-0.3, -0.25) is 19.4 Å². The van der Waals surface area contributed by atoms with E-state index in [0.717, 1.165) is 79.0 Å². The molecule has 0 radical (unpaired) electrons. The van der Waals surface area contributed by atoms with Crippen LogP contribution in [-0.4, -0.2) is 94.3 Å². The van der Waals surface area contributed by atoms with Gasteiger partial charge < -0.3 is 29.7 Å². The highest BCUT2D eigenvalue weighted by Crippen LogP contribution is 2.40. The van der Waals surface area contributed by atoms with Crippen molar-refractivity contribution in [1.82, 2.24) is 14.8 Å². The number of urea groups is 1. The first-order chi connectivity index (χ1) is 29.2. The highest BCUT2D eigenvalue weighted by Gasteiger charge is 2.31. The number of amides is 2. The van der Waals surface area contributed by atoms with Crippen molar-refractivity contribution in [2.45, 2.75) is 64.3 Å². The normalized spacial score (nSPS) is 15.0. The molecule has 4 aromatic carbocycles. The molecule has 0 bridgehead atoms. The Kier molecular flexibility index (Phi) is 13.2. The number of sulfonamides is 1. The molecule has 322 valence electrons. The second-order valence-electron chi connectivity index (χ2n) is 16.9. The van der Waals surface area contributed by atoms with E-state index in [1.165, 1.54) is 20.0 Å². The minimum atomic E-state index is -3.64. The maximum Gasteiger partial charge on any atom is 0.323 e. The van der Waals surface area contributed by atoms with Crippen molar-refractivity contribution in [3.8, 4) is 23.0 Å². The third kappa shape index (κ3) is 11.2. The number of carbonyl (C=O) groups excluding carboxylic acids is 2. The fourth-order valence-electron chi connectivity index (χ4n) is 7.81. The average molecular weight is 849 g/mol. The zero-order valence-electron chi connectivity index (χ0n) is 35.8. The molecule has 61 heavy (non-hydrogen) atoms. The number of anilines is 3. The highest BCUT2D eigenvalue weighted by molar-refractivity contribution is 7.92. The number of nitrogens with one attached hydrogen (secondary N) is 3. The Bertz CT molecular complexity index is 2510. The molecular weight excluding hydrogens is 793 g/mol. The topological polar surface area (TPSA) is 151 Å². The SMILES string of the molecule is COc1cc(Cc2cc(Oc3ccc(NC(=O)Nc4cc(C(C)(C)C)cc(NS(C)(=O)=O)c4OC)c4ccccc34)ccn2)ccc1C(=O)CCCN1CCN(C2CC2)CC1. The summed E-state index contributed by atoms with van der Waals surface area (Å²) in [6.45, 7) is 11.3. The van der Waals surface area contributed by atoms with Crippen LogP contribution in [0.15, 0.2) is 85.1 Å². The minimum Gasteiger partial charge on any atom is -0.496 e. The molecule has 2 fully saturated rings. The van der Waals surface area contributed by atoms with Crippen LogP contribution in [0.4, 0.5) is 21.9 Å². The Labute approximate surface area is 358 Å². The summed E-state index contributed by atoms with van der Waals surface area (Å²) in [5.74, 6) is 2.00. The van der Waals surface area contributed by atoms with Crippen molar-refractivity contribution < 1.29 is 32.2 Å². The molecule has 14 heteroatoms. The molecule has 3 N–H and O–H groups in total. The Morgan fingerprint density at radius 1 is 0.820 bits per heavy atom. The largest absolute Gasteiger partial charge is 0.496 e. The van der Waals surface area contributed by atoms with Crippen molar-refractivity contribution in [3.05, 3.63) is 107 Å². The van der Waals surface area contributed by atoms with Gasteiger partial charge in [0, 0.05) is 73.8 Å². The second-order valence-corrected chi connectivity index (χ2v) is 18.6. The summed E-state index contributed by atoms with van der Waals surface area (Å²) in [7, 11) is -0.626. The Morgan fingerprint density at radius 3 is 2.23 bits per heavy atom. The van der Waals surface area contributed by atoms with E-state index >= 15 is 0 Å². The van der Waals surface area contributed by atoms with Crippen LogP contribution in [0, 0.1) is 0 Å². The van der Waals surface area contributed by atoms with Gasteiger partial charge >= 0.3 is 6.03 Å². The highest BCUT2D eigenvalue weighted by atomic mass is 32.2. The monoisotopic (exact) mass is 848 g/mol. The van der Waals surface area contributed by atoms with Crippen molar-refractivity contribution in [1.29, 1.82) is 0 Å². The van der Waals surface area contributed by atoms with Gasteiger partial charge in [-0.1, -0.05) is 51.1 Å². The molecular formula is C47H56N6O7S. The number of rotatable bonds is 16. The number of methoxy groups -OCH3 is 2. The number of piperazine rings is 1. The fourth-order valence-corrected chi connectivity index (χ4v) is 8.36. The van der Waals surface area contributed by atoms with Crippen LogP contribution in [0.3, 0.4) is 0 Å². The maximum atomic E-state index is 13.5. The van der Waals surface area contributed by atoms with Crippen molar-refractivity contribution in [2.24, 2.45) is 0 Å². The van der Waals surface area contributed by atoms with Crippen LogP contribution >= 0.6 is 0 Å². The zero-order valence-corrected chi connectivity index (χ0v) is 36.7. The first-order valence-corrected chi connectivity index (χ1v) is 22.7. The maximum absolute atomic E-state index is 13.5. The van der Waals surface area contributed by atoms with E-state index in [1.54, 1.807) is 43.6 Å². The van der Waals surface area contributed by atoms with Crippen LogP contribution in [0.1, 0.15) is 73.6 Å². The van der Waals surface area contributed by atoms with Gasteiger partial charge in [0.2, 0.25) is 10.0 Å². The fraction of sp³-hybridized carbons (Fsp3) is 0.383. The van der Waals surface area contributed by atoms with Crippen LogP contribution < -0.4 is 29.6 Å². The van der Waals surface area contributed by atoms with Gasteiger partial charge in [-0.15, -0.1) is 0 Å². The number of pyridine rings is 1. The number of Topliss-reactive ketones (excluding diaryl/α,β-unsaturated/α-hetero) is 1. The summed E-state index contributed by atoms with van der Waals surface area (Å²) < 4.78 is 44.6. The predicted octanol–water partition coefficient (Wildman–Crippen LogP) is 8.69. The van der Waals surface area contributed by atoms with Gasteiger partial charge in [-0.05, 0) is 84.8 Å². The van der Waals surface area contributed by atoms with E-state index in [1.807, 2.05) is 69.3 Å². The van der Waals surface area contributed by atoms with Gasteiger partial charge in [-0.2, -0.15) is 0 Å². The van der Waals surface area contributed by atoms with Gasteiger partial charge in [0.05, 0.1) is 43.1 Å². The lowest BCUT2D eigenvalue weighted by Gasteiger charge is -2.34. The lowest BCUT2D eigenvalue weighted by atomic mass is 9.86. The molecule has 0 spiro atoms. The number of aromatic nitrogens is 1. The van der Waals surface area contributed by atoms with E-state index in [2.05, 4.69) is 30.1 Å². The number of ketones is 1. The average Bonchev–Trinajstić information content (AvgIpc) is 4.07. The first-order valence-electron chi connectivity index (χ1n) is 20.8. The summed E-state index contributed by atoms with van der Waals surface area (Å²) >= 11 is 0. The van der Waals surface area contributed by atoms with E-state index in [0.29, 0.717) is 47.0 Å². The van der Waals surface area contributed by atoms with Gasteiger partial charge in [0.1, 0.15) is 17.2 Å². The molecule has 13 nitrogen and oxygen atoms in total. The standard InChI is InChI=1S/C47H56N6O7S/c1-47(2,3)32-28-40(45(59-5)41(29-32)51-61(6,56)57)50-46(55)49-39-17-18-43(37-11-8-7-10-36(37)39)60-35-19-20-48-33(30-35)26-31-13-16-38(44(27-31)58-4)42(54)12-9-21-52-22-24-53(25-23-52)34-14-15-34/h7-8,10-11,13,16-20,27-30,34,51H,9,12,14-15,21-26H2,1-6H3,(H2,49,50,55). The number of hydrogen-bond donors (Lipinski definition) is 3. The van der Waals surface area contributed by atoms with Gasteiger partial charge in [0.25, 0.3) is 0 Å². The number of carbonyl (C=O) groups is 2. The number of fused-ring (bicyclic) bond motifs is 1. The quantitative estimate of drug-likeness (QED) is 0.0823. The van der Waals surface area contributed by atoms with E-state index in [9.17, 15) is 18.0 Å². The van der Waals surface area contributed by atoms with Crippen molar-refractivity contribution in [3.63, 3.8) is 0 Å². The van der Waals surface area contributed by atoms with Gasteiger partial charge in [-0.25, -0.2) is 13.2 Å². The minimum absolute atomic E-state index is 0.0896. The van der Waals surface area contributed by atoms with Crippen LogP contribution in [0.25, 0.3) is 10.8 Å². The number of nitrogens with zero attached hydrogens (tertiary/aromatic N) is 3. The smallest absolute Gasteiger partial charge is 0.323 e. The van der Waals surface area contributed by atoms with Crippen LogP contribution in [0.2, 0.25) is 0 Å². The molecule has 0 atom stereocenters. The molecule has 0 unspecified atom stereocenters. The Balaban J connectivity index is 1.00. The molecule has 1 saturated carbocycles. The summed E-state index contributed by atoms with van der Waals surface area (Å²) in [6, 6.07) is 24.3. The van der Waals surface area contributed by atoms with Crippen LogP contribution in [-0.2, 0) is 21.9 Å². The van der Waals surface area contributed by atoms with Crippen molar-refractivity contribution in [2.75, 3.05) is 68.6 Å². The number of benzene rings is 4. The summed E-state index contributed by atoms with van der Waals surface area (Å²) in [6.07, 6.45) is 7.26.